The Bertz CT molecular complexity index is 894. The first kappa shape index (κ1) is 18.8. The molecular weight excluding hydrogens is 378 g/mol. The molecule has 3 rings (SSSR count). The Hall–Kier alpha value is -1.93. The third kappa shape index (κ3) is 4.42. The molecule has 0 radical (unpaired) electrons. The molecule has 8 heteroatoms. The molecule has 0 amide bonds. The van der Waals surface area contributed by atoms with Crippen molar-refractivity contribution in [1.29, 1.82) is 0 Å². The van der Waals surface area contributed by atoms with E-state index in [1.807, 2.05) is 19.1 Å². The van der Waals surface area contributed by atoms with Gasteiger partial charge in [0.15, 0.2) is 6.10 Å². The van der Waals surface area contributed by atoms with Crippen molar-refractivity contribution >= 4 is 27.4 Å². The van der Waals surface area contributed by atoms with Crippen molar-refractivity contribution in [3.8, 4) is 0 Å². The fraction of sp³-hybridized carbons (Fsp3) is 0.278. The van der Waals surface area contributed by atoms with Gasteiger partial charge in [-0.1, -0.05) is 46.6 Å². The largest absolute Gasteiger partial charge is 0.387 e. The van der Waals surface area contributed by atoms with Crippen molar-refractivity contribution in [1.82, 2.24) is 0 Å². The highest BCUT2D eigenvalue weighted by Gasteiger charge is 2.29. The van der Waals surface area contributed by atoms with Gasteiger partial charge in [0.2, 0.25) is 0 Å². The molecule has 0 saturated carbocycles. The number of aliphatic hydroxyl groups excluding tert-OH is 1. The van der Waals surface area contributed by atoms with Crippen molar-refractivity contribution in [2.45, 2.75) is 30.4 Å². The van der Waals surface area contributed by atoms with Crippen LogP contribution in [0.15, 0.2) is 58.6 Å². The number of nitrogens with zero attached hydrogens (tertiary/aromatic N) is 1. The molecule has 0 bridgehead atoms. The van der Waals surface area contributed by atoms with Gasteiger partial charge in [0.25, 0.3) is 10.1 Å². The number of aliphatic hydroxyl groups is 1. The van der Waals surface area contributed by atoms with Crippen molar-refractivity contribution < 1.29 is 22.5 Å². The zero-order valence-corrected chi connectivity index (χ0v) is 15.6. The molecule has 1 N–H and O–H groups in total. The molecule has 0 spiro atoms. The summed E-state index contributed by atoms with van der Waals surface area (Å²) in [4.78, 5) is 5.36. The van der Waals surface area contributed by atoms with Crippen LogP contribution in [0.2, 0.25) is 5.02 Å². The highest BCUT2D eigenvalue weighted by molar-refractivity contribution is 7.86. The van der Waals surface area contributed by atoms with Gasteiger partial charge in [-0.05, 0) is 36.8 Å². The van der Waals surface area contributed by atoms with Crippen LogP contribution in [-0.2, 0) is 19.1 Å². The summed E-state index contributed by atoms with van der Waals surface area (Å²) in [6.45, 7) is 1.43. The van der Waals surface area contributed by atoms with E-state index in [0.29, 0.717) is 17.2 Å². The van der Waals surface area contributed by atoms with Gasteiger partial charge in [-0.3, -0.25) is 4.18 Å². The van der Waals surface area contributed by atoms with Gasteiger partial charge >= 0.3 is 0 Å². The zero-order chi connectivity index (χ0) is 18.7. The Balaban J connectivity index is 1.58. The summed E-state index contributed by atoms with van der Waals surface area (Å²) in [7, 11) is -3.94. The summed E-state index contributed by atoms with van der Waals surface area (Å²) in [6.07, 6.45) is -1.17. The van der Waals surface area contributed by atoms with Crippen LogP contribution in [0.4, 0.5) is 0 Å². The molecular formula is C18H18ClNO5S. The number of rotatable bonds is 6. The first-order valence-electron chi connectivity index (χ1n) is 7.97. The summed E-state index contributed by atoms with van der Waals surface area (Å²) in [6, 6.07) is 13.4. The quantitative estimate of drug-likeness (QED) is 0.759. The van der Waals surface area contributed by atoms with Crippen LogP contribution in [-0.4, -0.2) is 31.9 Å². The second kappa shape index (κ2) is 7.75. The van der Waals surface area contributed by atoms with Crippen molar-refractivity contribution in [3.63, 3.8) is 0 Å². The fourth-order valence-corrected chi connectivity index (χ4v) is 3.51. The van der Waals surface area contributed by atoms with Crippen LogP contribution >= 0.6 is 11.6 Å². The maximum absolute atomic E-state index is 12.2. The SMILES string of the molecule is Cc1ccc(S(=O)(=O)OC[C@H](O)C2=NO[C@H](c3ccc(Cl)cc3)C2)cc1. The van der Waals surface area contributed by atoms with Gasteiger partial charge in [-0.2, -0.15) is 8.42 Å². The van der Waals surface area contributed by atoms with E-state index in [0.717, 1.165) is 11.1 Å². The number of hydrogen-bond donors (Lipinski definition) is 1. The molecule has 0 unspecified atom stereocenters. The Morgan fingerprint density at radius 3 is 2.54 bits per heavy atom. The molecule has 0 aliphatic carbocycles. The zero-order valence-electron chi connectivity index (χ0n) is 14.0. The van der Waals surface area contributed by atoms with Crippen molar-refractivity contribution in [2.75, 3.05) is 6.61 Å². The molecule has 6 nitrogen and oxygen atoms in total. The van der Waals surface area contributed by atoms with Gasteiger partial charge in [-0.25, -0.2) is 0 Å². The minimum Gasteiger partial charge on any atom is -0.387 e. The number of benzene rings is 2. The lowest BCUT2D eigenvalue weighted by atomic mass is 10.0. The van der Waals surface area contributed by atoms with Crippen molar-refractivity contribution in [3.05, 3.63) is 64.7 Å². The Labute approximate surface area is 157 Å². The molecule has 138 valence electrons. The molecule has 2 aromatic rings. The van der Waals surface area contributed by atoms with Gasteiger partial charge < -0.3 is 9.94 Å². The number of oxime groups is 1. The third-order valence-corrected chi connectivity index (χ3v) is 5.56. The standard InChI is InChI=1S/C18H18ClNO5S/c1-12-2-8-15(9-3-12)26(22,23)24-11-17(21)16-10-18(25-20-16)13-4-6-14(19)7-5-13/h2-9,17-18,21H,10-11H2,1H3/t17-,18-/m0/s1. The first-order valence-corrected chi connectivity index (χ1v) is 9.76. The van der Waals surface area contributed by atoms with Crippen LogP contribution in [0.3, 0.4) is 0 Å². The lowest BCUT2D eigenvalue weighted by Gasteiger charge is -2.11. The summed E-state index contributed by atoms with van der Waals surface area (Å²) < 4.78 is 29.3. The molecule has 1 heterocycles. The molecule has 0 saturated heterocycles. The second-order valence-electron chi connectivity index (χ2n) is 6.00. The van der Waals surface area contributed by atoms with E-state index in [-0.39, 0.29) is 11.0 Å². The van der Waals surface area contributed by atoms with Crippen LogP contribution in [0.25, 0.3) is 0 Å². The topological polar surface area (TPSA) is 85.2 Å². The van der Waals surface area contributed by atoms with E-state index in [2.05, 4.69) is 5.16 Å². The van der Waals surface area contributed by atoms with Crippen LogP contribution in [0.5, 0.6) is 0 Å². The predicted molar refractivity (Wildman–Crippen MR) is 97.7 cm³/mol. The molecule has 2 atom stereocenters. The summed E-state index contributed by atoms with van der Waals surface area (Å²) >= 11 is 5.86. The van der Waals surface area contributed by atoms with Crippen LogP contribution in [0.1, 0.15) is 23.7 Å². The van der Waals surface area contributed by atoms with E-state index in [1.54, 1.807) is 24.3 Å². The van der Waals surface area contributed by atoms with Crippen LogP contribution in [0, 0.1) is 6.92 Å². The summed E-state index contributed by atoms with van der Waals surface area (Å²) in [5.74, 6) is 0. The molecule has 1 aliphatic heterocycles. The summed E-state index contributed by atoms with van der Waals surface area (Å²) in [5, 5.41) is 14.7. The Morgan fingerprint density at radius 1 is 1.23 bits per heavy atom. The minimum absolute atomic E-state index is 0.0407. The van der Waals surface area contributed by atoms with Gasteiger partial charge in [-0.15, -0.1) is 0 Å². The monoisotopic (exact) mass is 395 g/mol. The van der Waals surface area contributed by atoms with Crippen molar-refractivity contribution in [2.24, 2.45) is 5.16 Å². The number of aryl methyl sites for hydroxylation is 1. The third-order valence-electron chi connectivity index (χ3n) is 4.01. The van der Waals surface area contributed by atoms with E-state index < -0.39 is 22.8 Å². The minimum atomic E-state index is -3.94. The van der Waals surface area contributed by atoms with E-state index in [4.69, 9.17) is 20.6 Å². The molecule has 0 fully saturated rings. The lowest BCUT2D eigenvalue weighted by molar-refractivity contribution is 0.0854. The Morgan fingerprint density at radius 2 is 1.88 bits per heavy atom. The fourth-order valence-electron chi connectivity index (χ4n) is 2.47. The average molecular weight is 396 g/mol. The molecule has 26 heavy (non-hydrogen) atoms. The van der Waals surface area contributed by atoms with Crippen LogP contribution < -0.4 is 0 Å². The van der Waals surface area contributed by atoms with Gasteiger partial charge in [0, 0.05) is 11.4 Å². The molecule has 2 aromatic carbocycles. The smallest absolute Gasteiger partial charge is 0.297 e. The van der Waals surface area contributed by atoms with E-state index in [9.17, 15) is 13.5 Å². The van der Waals surface area contributed by atoms with E-state index >= 15 is 0 Å². The number of hydrogen-bond acceptors (Lipinski definition) is 6. The lowest BCUT2D eigenvalue weighted by Crippen LogP contribution is -2.27. The maximum atomic E-state index is 12.2. The first-order chi connectivity index (χ1) is 12.3. The van der Waals surface area contributed by atoms with Gasteiger partial charge in [0.1, 0.15) is 6.10 Å². The Kier molecular flexibility index (Phi) is 5.62. The average Bonchev–Trinajstić information content (AvgIpc) is 3.11. The molecule has 1 aliphatic rings. The maximum Gasteiger partial charge on any atom is 0.297 e. The molecule has 0 aromatic heterocycles. The number of halogens is 1. The normalized spacial score (nSPS) is 18.3. The highest BCUT2D eigenvalue weighted by atomic mass is 35.5. The highest BCUT2D eigenvalue weighted by Crippen LogP contribution is 2.29. The van der Waals surface area contributed by atoms with Gasteiger partial charge in [0.05, 0.1) is 17.2 Å². The summed E-state index contributed by atoms with van der Waals surface area (Å²) in [5.41, 5.74) is 2.15. The van der Waals surface area contributed by atoms with E-state index in [1.165, 1.54) is 12.1 Å². The predicted octanol–water partition coefficient (Wildman–Crippen LogP) is 3.23. The second-order valence-corrected chi connectivity index (χ2v) is 8.05.